The van der Waals surface area contributed by atoms with Crippen LogP contribution in [0.15, 0.2) is 58.2 Å². The Morgan fingerprint density at radius 3 is 2.29 bits per heavy atom. The Morgan fingerprint density at radius 1 is 1.04 bits per heavy atom. The SMILES string of the molecule is CCn1c(=O)n(CC(=O)Nc2ccccc2SCC(F)(F)F)c2ccccc21. The Bertz CT molecular complexity index is 1060. The largest absolute Gasteiger partial charge is 0.398 e. The van der Waals surface area contributed by atoms with Crippen molar-refractivity contribution in [2.24, 2.45) is 0 Å². The number of fused-ring (bicyclic) bond motifs is 1. The van der Waals surface area contributed by atoms with Crippen LogP contribution in [-0.4, -0.2) is 27.0 Å². The lowest BCUT2D eigenvalue weighted by molar-refractivity contribution is -0.116. The number of para-hydroxylation sites is 3. The van der Waals surface area contributed by atoms with Gasteiger partial charge < -0.3 is 5.32 Å². The summed E-state index contributed by atoms with van der Waals surface area (Å²) in [4.78, 5) is 25.4. The van der Waals surface area contributed by atoms with Gasteiger partial charge in [-0.1, -0.05) is 24.3 Å². The normalized spacial score (nSPS) is 11.7. The van der Waals surface area contributed by atoms with E-state index in [0.717, 1.165) is 5.52 Å². The number of anilines is 1. The average molecular weight is 409 g/mol. The van der Waals surface area contributed by atoms with Crippen LogP contribution >= 0.6 is 11.8 Å². The van der Waals surface area contributed by atoms with Crippen molar-refractivity contribution in [3.8, 4) is 0 Å². The van der Waals surface area contributed by atoms with E-state index in [1.165, 1.54) is 16.7 Å². The van der Waals surface area contributed by atoms with Crippen molar-refractivity contribution in [2.75, 3.05) is 11.1 Å². The molecular formula is C19H18F3N3O2S. The third-order valence-corrected chi connectivity index (χ3v) is 5.23. The van der Waals surface area contributed by atoms with Crippen molar-refractivity contribution >= 4 is 34.4 Å². The van der Waals surface area contributed by atoms with E-state index in [9.17, 15) is 22.8 Å². The van der Waals surface area contributed by atoms with E-state index in [4.69, 9.17) is 0 Å². The Balaban J connectivity index is 1.82. The zero-order valence-corrected chi connectivity index (χ0v) is 15.8. The monoisotopic (exact) mass is 409 g/mol. The minimum atomic E-state index is -4.31. The number of halogens is 3. The molecule has 0 unspecified atom stereocenters. The molecule has 1 aromatic heterocycles. The number of aryl methyl sites for hydroxylation is 1. The predicted molar refractivity (Wildman–Crippen MR) is 104 cm³/mol. The van der Waals surface area contributed by atoms with E-state index < -0.39 is 17.8 Å². The van der Waals surface area contributed by atoms with Gasteiger partial charge in [-0.2, -0.15) is 13.2 Å². The fourth-order valence-corrected chi connectivity index (χ4v) is 3.69. The van der Waals surface area contributed by atoms with Crippen LogP contribution in [-0.2, 0) is 17.9 Å². The summed E-state index contributed by atoms with van der Waals surface area (Å²) in [5.41, 5.74) is 1.33. The van der Waals surface area contributed by atoms with Crippen molar-refractivity contribution in [3.63, 3.8) is 0 Å². The first-order valence-corrected chi connectivity index (χ1v) is 9.55. The van der Waals surface area contributed by atoms with E-state index in [0.29, 0.717) is 28.7 Å². The van der Waals surface area contributed by atoms with E-state index in [2.05, 4.69) is 5.32 Å². The van der Waals surface area contributed by atoms with Crippen molar-refractivity contribution in [3.05, 3.63) is 59.0 Å². The predicted octanol–water partition coefficient (Wildman–Crippen LogP) is 4.12. The quantitative estimate of drug-likeness (QED) is 0.624. The fourth-order valence-electron chi connectivity index (χ4n) is 2.92. The standard InChI is InChI=1S/C19H18F3N3O2S/c1-2-24-14-8-4-5-9-15(14)25(18(24)27)11-17(26)23-13-7-3-6-10-16(13)28-12-19(20,21)22/h3-10H,2,11-12H2,1H3,(H,23,26). The molecular weight excluding hydrogens is 391 g/mol. The van der Waals surface area contributed by atoms with E-state index in [1.807, 2.05) is 13.0 Å². The number of carbonyl (C=O) groups excluding carboxylic acids is 1. The summed E-state index contributed by atoms with van der Waals surface area (Å²) in [6, 6.07) is 13.4. The smallest absolute Gasteiger partial charge is 0.324 e. The zero-order valence-electron chi connectivity index (χ0n) is 15.0. The second-order valence-corrected chi connectivity index (χ2v) is 7.07. The third-order valence-electron chi connectivity index (χ3n) is 4.10. The van der Waals surface area contributed by atoms with Crippen LogP contribution in [0.2, 0.25) is 0 Å². The van der Waals surface area contributed by atoms with Gasteiger partial charge in [-0.3, -0.25) is 13.9 Å². The average Bonchev–Trinajstić information content (AvgIpc) is 2.91. The number of benzene rings is 2. The molecule has 0 fully saturated rings. The Hall–Kier alpha value is -2.68. The maximum Gasteiger partial charge on any atom is 0.398 e. The van der Waals surface area contributed by atoms with Crippen LogP contribution in [0.1, 0.15) is 6.92 Å². The number of thioether (sulfide) groups is 1. The Morgan fingerprint density at radius 2 is 1.64 bits per heavy atom. The van der Waals surface area contributed by atoms with Crippen LogP contribution in [0.5, 0.6) is 0 Å². The number of carbonyl (C=O) groups is 1. The lowest BCUT2D eigenvalue weighted by Gasteiger charge is -2.12. The summed E-state index contributed by atoms with van der Waals surface area (Å²) in [5, 5.41) is 2.62. The summed E-state index contributed by atoms with van der Waals surface area (Å²) >= 11 is 0.603. The molecule has 148 valence electrons. The molecule has 1 N–H and O–H groups in total. The van der Waals surface area contributed by atoms with Gasteiger partial charge in [-0.05, 0) is 31.2 Å². The molecule has 3 rings (SSSR count). The molecule has 3 aromatic rings. The second-order valence-electron chi connectivity index (χ2n) is 6.05. The van der Waals surface area contributed by atoms with Gasteiger partial charge in [-0.15, -0.1) is 11.8 Å². The second kappa shape index (κ2) is 8.14. The number of rotatable bonds is 6. The van der Waals surface area contributed by atoms with Crippen molar-refractivity contribution in [1.29, 1.82) is 0 Å². The molecule has 2 aromatic carbocycles. The Kier molecular flexibility index (Phi) is 5.83. The molecule has 0 spiro atoms. The molecule has 0 aliphatic rings. The zero-order chi connectivity index (χ0) is 20.3. The summed E-state index contributed by atoms with van der Waals surface area (Å²) in [7, 11) is 0. The topological polar surface area (TPSA) is 56.0 Å². The van der Waals surface area contributed by atoms with Crippen LogP contribution in [0.4, 0.5) is 18.9 Å². The minimum absolute atomic E-state index is 0.232. The first kappa shape index (κ1) is 20.1. The van der Waals surface area contributed by atoms with Gasteiger partial charge in [0.25, 0.3) is 0 Å². The number of hydrogen-bond acceptors (Lipinski definition) is 3. The number of hydrogen-bond donors (Lipinski definition) is 1. The molecule has 28 heavy (non-hydrogen) atoms. The molecule has 0 saturated carbocycles. The lowest BCUT2D eigenvalue weighted by atomic mass is 10.3. The minimum Gasteiger partial charge on any atom is -0.324 e. The number of aromatic nitrogens is 2. The first-order valence-electron chi connectivity index (χ1n) is 8.56. The van der Waals surface area contributed by atoms with E-state index in [-0.39, 0.29) is 17.9 Å². The molecule has 1 amide bonds. The molecule has 0 aliphatic heterocycles. The third kappa shape index (κ3) is 4.41. The summed E-state index contributed by atoms with van der Waals surface area (Å²) in [6.07, 6.45) is -4.31. The molecule has 9 heteroatoms. The van der Waals surface area contributed by atoms with Crippen molar-refractivity contribution in [1.82, 2.24) is 9.13 Å². The Labute approximate surface area is 163 Å². The molecule has 0 bridgehead atoms. The van der Waals surface area contributed by atoms with E-state index in [1.54, 1.807) is 34.9 Å². The van der Waals surface area contributed by atoms with Gasteiger partial charge in [-0.25, -0.2) is 4.79 Å². The molecule has 5 nitrogen and oxygen atoms in total. The maximum absolute atomic E-state index is 12.6. The molecule has 0 radical (unpaired) electrons. The van der Waals surface area contributed by atoms with Gasteiger partial charge in [0, 0.05) is 11.4 Å². The highest BCUT2D eigenvalue weighted by Crippen LogP contribution is 2.32. The van der Waals surface area contributed by atoms with Gasteiger partial charge >= 0.3 is 11.9 Å². The number of alkyl halides is 3. The van der Waals surface area contributed by atoms with Crippen LogP contribution in [0, 0.1) is 0 Å². The summed E-state index contributed by atoms with van der Waals surface area (Å²) < 4.78 is 40.4. The van der Waals surface area contributed by atoms with Crippen molar-refractivity contribution in [2.45, 2.75) is 31.1 Å². The van der Waals surface area contributed by atoms with Crippen LogP contribution in [0.25, 0.3) is 11.0 Å². The van der Waals surface area contributed by atoms with Gasteiger partial charge in [0.2, 0.25) is 5.91 Å². The van der Waals surface area contributed by atoms with Gasteiger partial charge in [0.1, 0.15) is 6.54 Å². The highest BCUT2D eigenvalue weighted by atomic mass is 32.2. The number of nitrogens with zero attached hydrogens (tertiary/aromatic N) is 2. The first-order chi connectivity index (χ1) is 13.3. The highest BCUT2D eigenvalue weighted by Gasteiger charge is 2.27. The summed E-state index contributed by atoms with van der Waals surface area (Å²) in [5.74, 6) is -1.54. The van der Waals surface area contributed by atoms with Crippen molar-refractivity contribution < 1.29 is 18.0 Å². The molecule has 0 aliphatic carbocycles. The maximum atomic E-state index is 12.6. The van der Waals surface area contributed by atoms with Crippen LogP contribution < -0.4 is 11.0 Å². The number of imidazole rings is 1. The number of amides is 1. The molecule has 0 saturated heterocycles. The fraction of sp³-hybridized carbons (Fsp3) is 0.263. The lowest BCUT2D eigenvalue weighted by Crippen LogP contribution is -2.29. The van der Waals surface area contributed by atoms with Gasteiger partial charge in [0.05, 0.1) is 22.5 Å². The highest BCUT2D eigenvalue weighted by molar-refractivity contribution is 7.99. The molecule has 1 heterocycles. The molecule has 0 atom stereocenters. The summed E-state index contributed by atoms with van der Waals surface area (Å²) in [6.45, 7) is 2.07. The van der Waals surface area contributed by atoms with E-state index >= 15 is 0 Å². The van der Waals surface area contributed by atoms with Crippen LogP contribution in [0.3, 0.4) is 0 Å². The number of nitrogens with one attached hydrogen (secondary N) is 1. The van der Waals surface area contributed by atoms with Gasteiger partial charge in [0.15, 0.2) is 0 Å².